The Kier molecular flexibility index (Phi) is 3.36. The van der Waals surface area contributed by atoms with Gasteiger partial charge in [0.25, 0.3) is 0 Å². The first-order chi connectivity index (χ1) is 7.66. The van der Waals surface area contributed by atoms with Gasteiger partial charge in [-0.15, -0.1) is 11.3 Å². The van der Waals surface area contributed by atoms with E-state index in [9.17, 15) is 0 Å². The Hall–Kier alpha value is -1.19. The van der Waals surface area contributed by atoms with E-state index in [2.05, 4.69) is 23.7 Å². The average molecular weight is 253 g/mol. The lowest BCUT2D eigenvalue weighted by molar-refractivity contribution is 0.909. The largest absolute Gasteiger partial charge is 0.397 e. The van der Waals surface area contributed by atoms with Gasteiger partial charge in [0.15, 0.2) is 0 Å². The fourth-order valence-electron chi connectivity index (χ4n) is 1.50. The highest BCUT2D eigenvalue weighted by Gasteiger charge is 2.08. The Morgan fingerprint density at radius 2 is 2.19 bits per heavy atom. The first-order valence-corrected chi connectivity index (χ1v) is 6.27. The minimum atomic E-state index is 0.237. The lowest BCUT2D eigenvalue weighted by atomic mass is 10.2. The number of nitrogens with one attached hydrogen (secondary N) is 1. The van der Waals surface area contributed by atoms with E-state index in [4.69, 9.17) is 17.3 Å². The van der Waals surface area contributed by atoms with Gasteiger partial charge in [0, 0.05) is 9.90 Å². The molecule has 0 saturated heterocycles. The third kappa shape index (κ3) is 2.49. The molecule has 1 aromatic carbocycles. The SMILES string of the molecule is CC(Nc1cc(Cl)ccc1N)c1cccs1. The van der Waals surface area contributed by atoms with Crippen molar-refractivity contribution in [3.8, 4) is 0 Å². The first kappa shape index (κ1) is 11.3. The molecule has 4 heteroatoms. The minimum Gasteiger partial charge on any atom is -0.397 e. The summed E-state index contributed by atoms with van der Waals surface area (Å²) in [5.74, 6) is 0. The molecule has 16 heavy (non-hydrogen) atoms. The van der Waals surface area contributed by atoms with Crippen LogP contribution in [-0.4, -0.2) is 0 Å². The molecule has 0 aliphatic carbocycles. The molecule has 2 rings (SSSR count). The summed E-state index contributed by atoms with van der Waals surface area (Å²) in [6.07, 6.45) is 0. The van der Waals surface area contributed by atoms with Crippen LogP contribution in [0.25, 0.3) is 0 Å². The van der Waals surface area contributed by atoms with Gasteiger partial charge in [-0.2, -0.15) is 0 Å². The second kappa shape index (κ2) is 4.76. The summed E-state index contributed by atoms with van der Waals surface area (Å²) < 4.78 is 0. The summed E-state index contributed by atoms with van der Waals surface area (Å²) in [6, 6.07) is 9.83. The Balaban J connectivity index is 2.17. The number of halogens is 1. The van der Waals surface area contributed by atoms with E-state index < -0.39 is 0 Å². The van der Waals surface area contributed by atoms with Crippen molar-refractivity contribution in [2.24, 2.45) is 0 Å². The van der Waals surface area contributed by atoms with Crippen LogP contribution in [0.2, 0.25) is 5.02 Å². The van der Waals surface area contributed by atoms with Crippen molar-refractivity contribution in [2.45, 2.75) is 13.0 Å². The van der Waals surface area contributed by atoms with Gasteiger partial charge in [0.2, 0.25) is 0 Å². The zero-order valence-electron chi connectivity index (χ0n) is 8.91. The van der Waals surface area contributed by atoms with Gasteiger partial charge >= 0.3 is 0 Å². The van der Waals surface area contributed by atoms with Crippen LogP contribution in [0.5, 0.6) is 0 Å². The van der Waals surface area contributed by atoms with Gasteiger partial charge < -0.3 is 11.1 Å². The number of rotatable bonds is 3. The molecule has 0 radical (unpaired) electrons. The molecule has 0 fully saturated rings. The maximum absolute atomic E-state index is 5.93. The van der Waals surface area contributed by atoms with E-state index in [1.807, 2.05) is 18.2 Å². The number of nitrogen functional groups attached to an aromatic ring is 1. The number of anilines is 2. The second-order valence-electron chi connectivity index (χ2n) is 3.61. The number of thiophene rings is 1. The highest BCUT2D eigenvalue weighted by Crippen LogP contribution is 2.28. The second-order valence-corrected chi connectivity index (χ2v) is 5.03. The van der Waals surface area contributed by atoms with Crippen LogP contribution in [0.3, 0.4) is 0 Å². The van der Waals surface area contributed by atoms with Crippen LogP contribution in [0, 0.1) is 0 Å². The van der Waals surface area contributed by atoms with Crippen molar-refractivity contribution in [3.05, 3.63) is 45.6 Å². The molecule has 0 aliphatic heterocycles. The summed E-state index contributed by atoms with van der Waals surface area (Å²) in [5.41, 5.74) is 7.47. The van der Waals surface area contributed by atoms with Crippen molar-refractivity contribution in [1.82, 2.24) is 0 Å². The molecule has 0 bridgehead atoms. The molecule has 0 saturated carbocycles. The number of benzene rings is 1. The first-order valence-electron chi connectivity index (χ1n) is 5.02. The summed E-state index contributed by atoms with van der Waals surface area (Å²) in [7, 11) is 0. The topological polar surface area (TPSA) is 38.0 Å². The molecule has 2 aromatic rings. The van der Waals surface area contributed by atoms with Crippen molar-refractivity contribution < 1.29 is 0 Å². The van der Waals surface area contributed by atoms with E-state index in [1.54, 1.807) is 17.4 Å². The Morgan fingerprint density at radius 1 is 1.38 bits per heavy atom. The van der Waals surface area contributed by atoms with Crippen molar-refractivity contribution in [2.75, 3.05) is 11.1 Å². The molecule has 0 spiro atoms. The molecule has 2 nitrogen and oxygen atoms in total. The molecule has 1 aromatic heterocycles. The Labute approximate surface area is 104 Å². The molecule has 0 aliphatic rings. The standard InChI is InChI=1S/C12H13ClN2S/c1-8(12-3-2-6-16-12)15-11-7-9(13)4-5-10(11)14/h2-8,15H,14H2,1H3. The van der Waals surface area contributed by atoms with E-state index in [-0.39, 0.29) is 6.04 Å². The van der Waals surface area contributed by atoms with E-state index in [0.29, 0.717) is 10.7 Å². The Bertz CT molecular complexity index is 468. The van der Waals surface area contributed by atoms with Crippen LogP contribution < -0.4 is 11.1 Å². The molecule has 3 N–H and O–H groups in total. The van der Waals surface area contributed by atoms with Crippen LogP contribution in [0.1, 0.15) is 17.8 Å². The van der Waals surface area contributed by atoms with Crippen LogP contribution in [0.15, 0.2) is 35.7 Å². The van der Waals surface area contributed by atoms with Crippen molar-refractivity contribution >= 4 is 34.3 Å². The molecule has 1 unspecified atom stereocenters. The van der Waals surface area contributed by atoms with Crippen molar-refractivity contribution in [1.29, 1.82) is 0 Å². The monoisotopic (exact) mass is 252 g/mol. The third-order valence-corrected chi connectivity index (χ3v) is 3.65. The maximum Gasteiger partial charge on any atom is 0.0593 e. The van der Waals surface area contributed by atoms with Crippen LogP contribution in [-0.2, 0) is 0 Å². The fourth-order valence-corrected chi connectivity index (χ4v) is 2.40. The molecule has 84 valence electrons. The average Bonchev–Trinajstić information content (AvgIpc) is 2.76. The lowest BCUT2D eigenvalue weighted by Crippen LogP contribution is -2.06. The maximum atomic E-state index is 5.93. The van der Waals surface area contributed by atoms with E-state index in [0.717, 1.165) is 5.69 Å². The van der Waals surface area contributed by atoms with Gasteiger partial charge in [-0.25, -0.2) is 0 Å². The van der Waals surface area contributed by atoms with Gasteiger partial charge in [0.1, 0.15) is 0 Å². The highest BCUT2D eigenvalue weighted by atomic mass is 35.5. The molecule has 1 atom stereocenters. The predicted molar refractivity (Wildman–Crippen MR) is 72.2 cm³/mol. The third-order valence-electron chi connectivity index (χ3n) is 2.36. The quantitative estimate of drug-likeness (QED) is 0.805. The van der Waals surface area contributed by atoms with Crippen LogP contribution in [0.4, 0.5) is 11.4 Å². The summed E-state index contributed by atoms with van der Waals surface area (Å²) >= 11 is 7.66. The summed E-state index contributed by atoms with van der Waals surface area (Å²) in [4.78, 5) is 1.28. The minimum absolute atomic E-state index is 0.237. The van der Waals surface area contributed by atoms with Crippen LogP contribution >= 0.6 is 22.9 Å². The predicted octanol–water partition coefficient (Wildman–Crippen LogP) is 4.16. The molecular weight excluding hydrogens is 240 g/mol. The van der Waals surface area contributed by atoms with Gasteiger partial charge in [-0.05, 0) is 36.6 Å². The lowest BCUT2D eigenvalue weighted by Gasteiger charge is -2.15. The van der Waals surface area contributed by atoms with Crippen molar-refractivity contribution in [3.63, 3.8) is 0 Å². The fraction of sp³-hybridized carbons (Fsp3) is 0.167. The highest BCUT2D eigenvalue weighted by molar-refractivity contribution is 7.10. The van der Waals surface area contributed by atoms with Gasteiger partial charge in [0.05, 0.1) is 17.4 Å². The van der Waals surface area contributed by atoms with Gasteiger partial charge in [-0.3, -0.25) is 0 Å². The number of hydrogen-bond acceptors (Lipinski definition) is 3. The van der Waals surface area contributed by atoms with Gasteiger partial charge in [-0.1, -0.05) is 17.7 Å². The number of nitrogens with two attached hydrogens (primary N) is 1. The van der Waals surface area contributed by atoms with E-state index in [1.165, 1.54) is 4.88 Å². The zero-order valence-corrected chi connectivity index (χ0v) is 10.5. The molecule has 1 heterocycles. The normalized spacial score (nSPS) is 12.4. The summed E-state index contributed by atoms with van der Waals surface area (Å²) in [5, 5.41) is 6.11. The number of hydrogen-bond donors (Lipinski definition) is 2. The Morgan fingerprint density at radius 3 is 2.88 bits per heavy atom. The molecular formula is C12H13ClN2S. The molecule has 0 amide bonds. The zero-order chi connectivity index (χ0) is 11.5. The van der Waals surface area contributed by atoms with E-state index >= 15 is 0 Å². The summed E-state index contributed by atoms with van der Waals surface area (Å²) in [6.45, 7) is 2.10. The smallest absolute Gasteiger partial charge is 0.0593 e.